The number of carbonyl (C=O) groups is 1. The van der Waals surface area contributed by atoms with Crippen LogP contribution in [0.1, 0.15) is 17.7 Å². The van der Waals surface area contributed by atoms with Crippen molar-refractivity contribution >= 4 is 5.97 Å². The van der Waals surface area contributed by atoms with Gasteiger partial charge in [0.25, 0.3) is 0 Å². The fourth-order valence-electron chi connectivity index (χ4n) is 2.45. The summed E-state index contributed by atoms with van der Waals surface area (Å²) in [5.74, 6) is -1.02. The summed E-state index contributed by atoms with van der Waals surface area (Å²) in [7, 11) is 0. The highest BCUT2D eigenvalue weighted by Gasteiger charge is 2.28. The average Bonchev–Trinajstić information content (AvgIpc) is 2.82. The summed E-state index contributed by atoms with van der Waals surface area (Å²) in [5.41, 5.74) is 3.95. The number of carboxylic acids is 1. The first-order valence-electron chi connectivity index (χ1n) is 5.95. The van der Waals surface area contributed by atoms with Crippen molar-refractivity contribution in [3.8, 4) is 11.3 Å². The Labute approximate surface area is 104 Å². The molecule has 2 N–H and O–H groups in total. The Morgan fingerprint density at radius 3 is 2.89 bits per heavy atom. The van der Waals surface area contributed by atoms with Crippen LogP contribution in [0.2, 0.25) is 0 Å². The van der Waals surface area contributed by atoms with E-state index in [-0.39, 0.29) is 5.92 Å². The number of aromatic nitrogens is 3. The molecule has 5 heteroatoms. The van der Waals surface area contributed by atoms with Gasteiger partial charge in [0.2, 0.25) is 0 Å². The number of rotatable bonds is 2. The van der Waals surface area contributed by atoms with Crippen molar-refractivity contribution in [3.05, 3.63) is 35.8 Å². The van der Waals surface area contributed by atoms with E-state index in [1.54, 1.807) is 12.4 Å². The topological polar surface area (TPSA) is 78.9 Å². The van der Waals surface area contributed by atoms with Gasteiger partial charge in [-0.05, 0) is 31.4 Å². The molecule has 0 bridgehead atoms. The van der Waals surface area contributed by atoms with E-state index < -0.39 is 5.97 Å². The van der Waals surface area contributed by atoms with Gasteiger partial charge < -0.3 is 5.11 Å². The molecule has 1 aliphatic carbocycles. The van der Waals surface area contributed by atoms with Gasteiger partial charge in [-0.1, -0.05) is 0 Å². The molecule has 0 saturated carbocycles. The summed E-state index contributed by atoms with van der Waals surface area (Å²) in [6.07, 6.45) is 5.42. The third kappa shape index (κ3) is 1.77. The summed E-state index contributed by atoms with van der Waals surface area (Å²) in [4.78, 5) is 15.1. The van der Waals surface area contributed by atoms with E-state index in [2.05, 4.69) is 15.2 Å². The van der Waals surface area contributed by atoms with Crippen molar-refractivity contribution < 1.29 is 9.90 Å². The maximum Gasteiger partial charge on any atom is 0.306 e. The molecule has 0 saturated heterocycles. The van der Waals surface area contributed by atoms with Crippen LogP contribution in [0.4, 0.5) is 0 Å². The summed E-state index contributed by atoms with van der Waals surface area (Å²) < 4.78 is 0. The van der Waals surface area contributed by atoms with E-state index in [4.69, 9.17) is 5.11 Å². The van der Waals surface area contributed by atoms with Crippen LogP contribution in [0.15, 0.2) is 24.5 Å². The minimum Gasteiger partial charge on any atom is -0.481 e. The number of carboxylic acid groups (broad SMARTS) is 1. The van der Waals surface area contributed by atoms with Crippen LogP contribution in [0.25, 0.3) is 11.3 Å². The molecule has 2 heterocycles. The van der Waals surface area contributed by atoms with E-state index in [0.29, 0.717) is 12.8 Å². The molecule has 2 aromatic heterocycles. The molecule has 1 atom stereocenters. The van der Waals surface area contributed by atoms with Gasteiger partial charge in [-0.3, -0.25) is 14.9 Å². The zero-order valence-corrected chi connectivity index (χ0v) is 9.76. The molecule has 92 valence electrons. The second kappa shape index (κ2) is 4.25. The first-order valence-corrected chi connectivity index (χ1v) is 5.95. The third-order valence-corrected chi connectivity index (χ3v) is 3.45. The van der Waals surface area contributed by atoms with Crippen molar-refractivity contribution in [2.24, 2.45) is 5.92 Å². The Bertz CT molecular complexity index is 577. The number of pyridine rings is 1. The molecular weight excluding hydrogens is 230 g/mol. The van der Waals surface area contributed by atoms with Gasteiger partial charge in [0.05, 0.1) is 11.6 Å². The lowest BCUT2D eigenvalue weighted by Gasteiger charge is -2.18. The minimum absolute atomic E-state index is 0.296. The Morgan fingerprint density at radius 1 is 1.39 bits per heavy atom. The number of hydrogen-bond acceptors (Lipinski definition) is 3. The van der Waals surface area contributed by atoms with Crippen molar-refractivity contribution in [2.45, 2.75) is 19.3 Å². The Kier molecular flexibility index (Phi) is 2.59. The highest BCUT2D eigenvalue weighted by molar-refractivity contribution is 5.72. The van der Waals surface area contributed by atoms with Gasteiger partial charge in [-0.25, -0.2) is 0 Å². The molecule has 0 aliphatic heterocycles. The van der Waals surface area contributed by atoms with E-state index in [1.165, 1.54) is 0 Å². The van der Waals surface area contributed by atoms with E-state index in [0.717, 1.165) is 28.9 Å². The number of H-pyrrole nitrogens is 1. The third-order valence-electron chi connectivity index (χ3n) is 3.45. The molecule has 5 nitrogen and oxygen atoms in total. The zero-order chi connectivity index (χ0) is 12.5. The lowest BCUT2D eigenvalue weighted by molar-refractivity contribution is -0.142. The molecular formula is C13H13N3O2. The summed E-state index contributed by atoms with van der Waals surface area (Å²) in [6, 6.07) is 3.78. The van der Waals surface area contributed by atoms with Gasteiger partial charge in [0.1, 0.15) is 0 Å². The van der Waals surface area contributed by atoms with Crippen molar-refractivity contribution in [1.29, 1.82) is 0 Å². The van der Waals surface area contributed by atoms with Crippen LogP contribution in [0, 0.1) is 5.92 Å². The van der Waals surface area contributed by atoms with E-state index in [1.807, 2.05) is 12.1 Å². The van der Waals surface area contributed by atoms with Crippen LogP contribution >= 0.6 is 0 Å². The molecule has 0 fully saturated rings. The summed E-state index contributed by atoms with van der Waals surface area (Å²) in [6.45, 7) is 0. The number of aryl methyl sites for hydroxylation is 1. The molecule has 0 unspecified atom stereocenters. The first kappa shape index (κ1) is 11.0. The van der Waals surface area contributed by atoms with Crippen LogP contribution in [0.5, 0.6) is 0 Å². The second-order valence-electron chi connectivity index (χ2n) is 4.54. The highest BCUT2D eigenvalue weighted by Crippen LogP contribution is 2.31. The smallest absolute Gasteiger partial charge is 0.306 e. The largest absolute Gasteiger partial charge is 0.481 e. The molecule has 0 spiro atoms. The fraction of sp³-hybridized carbons (Fsp3) is 0.308. The van der Waals surface area contributed by atoms with Crippen LogP contribution in [0.3, 0.4) is 0 Å². The predicted octanol–water partition coefficient (Wildman–Crippen LogP) is 1.66. The lowest BCUT2D eigenvalue weighted by atomic mass is 9.85. The quantitative estimate of drug-likeness (QED) is 0.840. The molecule has 1 aliphatic rings. The second-order valence-corrected chi connectivity index (χ2v) is 4.54. The number of hydrogen-bond donors (Lipinski definition) is 2. The zero-order valence-electron chi connectivity index (χ0n) is 9.76. The molecule has 18 heavy (non-hydrogen) atoms. The standard InChI is InChI=1S/C13H13N3O2/c17-13(18)9-1-2-11-10(7-9)12(16-15-11)8-3-5-14-6-4-8/h3-6,9H,1-2,7H2,(H,15,16)(H,17,18)/t9-/m1/s1. The van der Waals surface area contributed by atoms with E-state index >= 15 is 0 Å². The van der Waals surface area contributed by atoms with Gasteiger partial charge in [0.15, 0.2) is 0 Å². The van der Waals surface area contributed by atoms with Gasteiger partial charge >= 0.3 is 5.97 Å². The highest BCUT2D eigenvalue weighted by atomic mass is 16.4. The number of aromatic amines is 1. The first-order chi connectivity index (χ1) is 8.75. The SMILES string of the molecule is O=C(O)[C@@H]1CCc2[nH]nc(-c3ccncc3)c2C1. The molecule has 3 rings (SSSR count). The number of nitrogens with one attached hydrogen (secondary N) is 1. The van der Waals surface area contributed by atoms with Crippen LogP contribution in [-0.2, 0) is 17.6 Å². The molecule has 0 aromatic carbocycles. The lowest BCUT2D eigenvalue weighted by Crippen LogP contribution is -2.21. The summed E-state index contributed by atoms with van der Waals surface area (Å²) in [5, 5.41) is 16.5. The molecule has 0 amide bonds. The minimum atomic E-state index is -0.720. The van der Waals surface area contributed by atoms with Gasteiger partial charge in [0, 0.05) is 29.2 Å². The molecule has 2 aromatic rings. The average molecular weight is 243 g/mol. The summed E-state index contributed by atoms with van der Waals surface area (Å²) >= 11 is 0. The number of aliphatic carboxylic acids is 1. The number of fused-ring (bicyclic) bond motifs is 1. The fourth-order valence-corrected chi connectivity index (χ4v) is 2.45. The predicted molar refractivity (Wildman–Crippen MR) is 65.0 cm³/mol. The van der Waals surface area contributed by atoms with Crippen LogP contribution in [-0.4, -0.2) is 26.3 Å². The van der Waals surface area contributed by atoms with Gasteiger partial charge in [-0.15, -0.1) is 0 Å². The Balaban J connectivity index is 2.00. The van der Waals surface area contributed by atoms with Gasteiger partial charge in [-0.2, -0.15) is 5.10 Å². The monoisotopic (exact) mass is 243 g/mol. The Hall–Kier alpha value is -2.17. The maximum atomic E-state index is 11.1. The van der Waals surface area contributed by atoms with Crippen molar-refractivity contribution in [1.82, 2.24) is 15.2 Å². The number of nitrogens with zero attached hydrogens (tertiary/aromatic N) is 2. The van der Waals surface area contributed by atoms with Crippen molar-refractivity contribution in [2.75, 3.05) is 0 Å². The normalized spacial score (nSPS) is 18.3. The van der Waals surface area contributed by atoms with Crippen LogP contribution < -0.4 is 0 Å². The van der Waals surface area contributed by atoms with E-state index in [9.17, 15) is 4.79 Å². The molecule has 0 radical (unpaired) electrons. The maximum absolute atomic E-state index is 11.1. The van der Waals surface area contributed by atoms with Crippen molar-refractivity contribution in [3.63, 3.8) is 0 Å². The Morgan fingerprint density at radius 2 is 2.17 bits per heavy atom.